The van der Waals surface area contributed by atoms with E-state index in [2.05, 4.69) is 128 Å². The maximum absolute atomic E-state index is 5.60. The second-order valence-corrected chi connectivity index (χ2v) is 9.90. The normalized spacial score (nSPS) is 12.3. The zero-order valence-corrected chi connectivity index (χ0v) is 16.9. The van der Waals surface area contributed by atoms with Gasteiger partial charge in [0, 0.05) is 15.9 Å². The van der Waals surface area contributed by atoms with Crippen LogP contribution in [0.4, 0.5) is 0 Å². The van der Waals surface area contributed by atoms with Gasteiger partial charge in [-0.25, -0.2) is 0 Å². The van der Waals surface area contributed by atoms with Crippen molar-refractivity contribution in [3.8, 4) is 0 Å². The summed E-state index contributed by atoms with van der Waals surface area (Å²) in [7, 11) is -2.15. The number of benzene rings is 4. The maximum Gasteiger partial charge on any atom is 0.0717 e. The van der Waals surface area contributed by atoms with Gasteiger partial charge in [0.15, 0.2) is 0 Å². The first kappa shape index (κ1) is 18.5. The van der Waals surface area contributed by atoms with E-state index in [4.69, 9.17) is 4.74 Å². The van der Waals surface area contributed by atoms with E-state index in [1.807, 2.05) is 0 Å². The van der Waals surface area contributed by atoms with Crippen molar-refractivity contribution in [3.05, 3.63) is 127 Å². The highest BCUT2D eigenvalue weighted by atomic mass is 31.2. The van der Waals surface area contributed by atoms with E-state index in [-0.39, 0.29) is 6.04 Å². The first-order chi connectivity index (χ1) is 13.8. The average molecular weight is 381 g/mol. The van der Waals surface area contributed by atoms with Crippen LogP contribution >= 0.6 is 7.05 Å². The van der Waals surface area contributed by atoms with E-state index in [9.17, 15) is 0 Å². The molecule has 0 radical (unpaired) electrons. The molecule has 0 aliphatic rings. The molecule has 0 saturated heterocycles. The van der Waals surface area contributed by atoms with E-state index in [0.29, 0.717) is 0 Å². The molecule has 0 bridgehead atoms. The molecule has 4 aromatic carbocycles. The lowest BCUT2D eigenvalue weighted by molar-refractivity contribution is 0.832. The monoisotopic (exact) mass is 381 g/mol. The molecule has 28 heavy (non-hydrogen) atoms. The summed E-state index contributed by atoms with van der Waals surface area (Å²) in [4.78, 5) is 0. The van der Waals surface area contributed by atoms with Crippen LogP contribution in [0.1, 0.15) is 18.5 Å². The van der Waals surface area contributed by atoms with Crippen molar-refractivity contribution in [2.75, 3.05) is 0 Å². The molecule has 2 heteroatoms. The summed E-state index contributed by atoms with van der Waals surface area (Å²) in [5, 5.41) is 3.86. The fourth-order valence-corrected chi connectivity index (χ4v) is 7.39. The number of rotatable bonds is 5. The van der Waals surface area contributed by atoms with Crippen molar-refractivity contribution < 1.29 is 0 Å². The van der Waals surface area contributed by atoms with Crippen LogP contribution in [0, 0.1) is 0 Å². The Morgan fingerprint density at radius 2 is 0.821 bits per heavy atom. The van der Waals surface area contributed by atoms with Gasteiger partial charge in [0.2, 0.25) is 0 Å². The first-order valence-electron chi connectivity index (χ1n) is 9.64. The van der Waals surface area contributed by atoms with Crippen LogP contribution in [-0.4, -0.2) is 0 Å². The summed E-state index contributed by atoms with van der Waals surface area (Å²) in [6.07, 6.45) is 0. The van der Waals surface area contributed by atoms with Gasteiger partial charge < -0.3 is 0 Å². The van der Waals surface area contributed by atoms with Crippen LogP contribution in [0.25, 0.3) is 0 Å². The van der Waals surface area contributed by atoms with Crippen molar-refractivity contribution in [2.45, 2.75) is 13.0 Å². The Kier molecular flexibility index (Phi) is 5.55. The molecule has 0 spiro atoms. The fourth-order valence-electron chi connectivity index (χ4n) is 3.64. The minimum atomic E-state index is -2.15. The molecule has 0 aliphatic heterocycles. The lowest BCUT2D eigenvalue weighted by Crippen LogP contribution is -2.25. The average Bonchev–Trinajstić information content (AvgIpc) is 2.80. The lowest BCUT2D eigenvalue weighted by atomic mass is 10.1. The Morgan fingerprint density at radius 1 is 0.500 bits per heavy atom. The molecule has 4 rings (SSSR count). The molecule has 138 valence electrons. The van der Waals surface area contributed by atoms with Gasteiger partial charge >= 0.3 is 0 Å². The highest BCUT2D eigenvalue weighted by Gasteiger charge is 2.28. The number of hydrogen-bond donors (Lipinski definition) is 0. The van der Waals surface area contributed by atoms with Crippen LogP contribution in [-0.2, 0) is 0 Å². The van der Waals surface area contributed by atoms with Crippen molar-refractivity contribution in [3.63, 3.8) is 0 Å². The summed E-state index contributed by atoms with van der Waals surface area (Å²) >= 11 is 0. The minimum Gasteiger partial charge on any atom is -0.282 e. The van der Waals surface area contributed by atoms with Gasteiger partial charge in [-0.2, -0.15) is 0 Å². The summed E-state index contributed by atoms with van der Waals surface area (Å²) in [5.74, 6) is 0. The molecular formula is C26H24NP. The third kappa shape index (κ3) is 3.59. The van der Waals surface area contributed by atoms with E-state index < -0.39 is 7.05 Å². The van der Waals surface area contributed by atoms with Gasteiger partial charge in [0.25, 0.3) is 0 Å². The van der Waals surface area contributed by atoms with Crippen molar-refractivity contribution >= 4 is 23.0 Å². The highest BCUT2D eigenvalue weighted by Crippen LogP contribution is 2.49. The zero-order valence-electron chi connectivity index (χ0n) is 16.0. The van der Waals surface area contributed by atoms with E-state index in [0.717, 1.165) is 0 Å². The van der Waals surface area contributed by atoms with Crippen molar-refractivity contribution in [2.24, 2.45) is 4.74 Å². The SMILES string of the molecule is CC(N=P(c1ccccc1)(c1ccccc1)c1ccccc1)c1ccccc1. The third-order valence-corrected chi connectivity index (χ3v) is 8.85. The Morgan fingerprint density at radius 3 is 1.18 bits per heavy atom. The predicted molar refractivity (Wildman–Crippen MR) is 122 cm³/mol. The molecule has 0 aliphatic carbocycles. The Labute approximate surface area is 167 Å². The summed E-state index contributed by atoms with van der Waals surface area (Å²) in [6, 6.07) is 43.0. The van der Waals surface area contributed by atoms with E-state index in [1.54, 1.807) is 0 Å². The van der Waals surface area contributed by atoms with Crippen LogP contribution < -0.4 is 15.9 Å². The van der Waals surface area contributed by atoms with Gasteiger partial charge in [-0.3, -0.25) is 4.74 Å². The van der Waals surface area contributed by atoms with Crippen molar-refractivity contribution in [1.82, 2.24) is 0 Å². The van der Waals surface area contributed by atoms with Gasteiger partial charge in [-0.05, 0) is 12.5 Å². The quantitative estimate of drug-likeness (QED) is 0.380. The molecule has 1 unspecified atom stereocenters. The van der Waals surface area contributed by atoms with Crippen LogP contribution in [0.2, 0.25) is 0 Å². The number of hydrogen-bond acceptors (Lipinski definition) is 1. The van der Waals surface area contributed by atoms with Gasteiger partial charge in [-0.1, -0.05) is 121 Å². The summed E-state index contributed by atoms with van der Waals surface area (Å²) in [5.41, 5.74) is 1.25. The lowest BCUT2D eigenvalue weighted by Gasteiger charge is -2.28. The molecule has 0 saturated carbocycles. The fraction of sp³-hybridized carbons (Fsp3) is 0.0769. The molecule has 0 heterocycles. The van der Waals surface area contributed by atoms with Crippen LogP contribution in [0.3, 0.4) is 0 Å². The minimum absolute atomic E-state index is 0.0927. The van der Waals surface area contributed by atoms with Crippen LogP contribution in [0.5, 0.6) is 0 Å². The third-order valence-electron chi connectivity index (χ3n) is 5.02. The second kappa shape index (κ2) is 8.42. The van der Waals surface area contributed by atoms with Crippen molar-refractivity contribution in [1.29, 1.82) is 0 Å². The second-order valence-electron chi connectivity index (χ2n) is 6.84. The Hall–Kier alpha value is -2.89. The summed E-state index contributed by atoms with van der Waals surface area (Å²) in [6.45, 7) is 2.21. The van der Waals surface area contributed by atoms with Gasteiger partial charge in [-0.15, -0.1) is 0 Å². The predicted octanol–water partition coefficient (Wildman–Crippen LogP) is 5.93. The van der Waals surface area contributed by atoms with Gasteiger partial charge in [0.05, 0.1) is 13.1 Å². The molecule has 0 N–H and O–H groups in total. The molecule has 1 nitrogen and oxygen atoms in total. The molecule has 1 atom stereocenters. The standard InChI is InChI=1S/C26H24NP/c1-22(23-14-6-2-7-15-23)27-28(24-16-8-3-9-17-24,25-18-10-4-11-19-25)26-20-12-5-13-21-26/h2-22H,1H3. The smallest absolute Gasteiger partial charge is 0.0717 e. The Balaban J connectivity index is 2.06. The largest absolute Gasteiger partial charge is 0.282 e. The molecular weight excluding hydrogens is 357 g/mol. The summed E-state index contributed by atoms with van der Waals surface area (Å²) < 4.78 is 5.60. The highest BCUT2D eigenvalue weighted by molar-refractivity contribution is 7.87. The Bertz CT molecular complexity index is 955. The molecule has 4 aromatic rings. The number of nitrogens with zero attached hydrogens (tertiary/aromatic N) is 1. The zero-order chi connectivity index (χ0) is 19.2. The van der Waals surface area contributed by atoms with E-state index >= 15 is 0 Å². The van der Waals surface area contributed by atoms with Gasteiger partial charge in [0.1, 0.15) is 0 Å². The molecule has 0 amide bonds. The molecule has 0 aromatic heterocycles. The van der Waals surface area contributed by atoms with Crippen LogP contribution in [0.15, 0.2) is 126 Å². The first-order valence-corrected chi connectivity index (χ1v) is 11.4. The topological polar surface area (TPSA) is 12.4 Å². The molecule has 0 fully saturated rings. The van der Waals surface area contributed by atoms with E-state index in [1.165, 1.54) is 21.5 Å². The maximum atomic E-state index is 5.60.